The number of hydrogen-bond donors (Lipinski definition) is 3. The quantitative estimate of drug-likeness (QED) is 0.167. The van der Waals surface area contributed by atoms with E-state index in [-0.39, 0.29) is 33.5 Å². The molecule has 190 valence electrons. The van der Waals surface area contributed by atoms with Gasteiger partial charge in [0.25, 0.3) is 5.91 Å². The summed E-state index contributed by atoms with van der Waals surface area (Å²) >= 11 is 2.15. The van der Waals surface area contributed by atoms with Crippen molar-refractivity contribution in [2.75, 3.05) is 23.5 Å². The number of aromatic amines is 1. The number of esters is 1. The van der Waals surface area contributed by atoms with E-state index in [2.05, 4.69) is 15.9 Å². The summed E-state index contributed by atoms with van der Waals surface area (Å²) in [5, 5.41) is 8.56. The van der Waals surface area contributed by atoms with Gasteiger partial charge in [0.1, 0.15) is 5.00 Å². The van der Waals surface area contributed by atoms with Gasteiger partial charge >= 0.3 is 16.6 Å². The molecule has 0 spiro atoms. The molecular formula is C25H23N4O6S2+. The predicted octanol–water partition coefficient (Wildman–Crippen LogP) is 3.77. The molecule has 4 rings (SSSR count). The number of anilines is 2. The number of ether oxygens (including phenoxy) is 1. The highest BCUT2D eigenvalue weighted by Crippen LogP contribution is 2.34. The molecule has 3 N–H and O–H groups in total. The molecule has 2 aromatic heterocycles. The summed E-state index contributed by atoms with van der Waals surface area (Å²) in [4.78, 5) is 50.5. The van der Waals surface area contributed by atoms with E-state index < -0.39 is 17.5 Å². The number of H-pyrrole nitrogens is 1. The van der Waals surface area contributed by atoms with Crippen molar-refractivity contribution < 1.29 is 28.3 Å². The molecule has 2 heterocycles. The molecule has 0 aliphatic heterocycles. The van der Waals surface area contributed by atoms with Gasteiger partial charge in [-0.25, -0.2) is 9.59 Å². The number of methoxy groups -OCH3 is 1. The van der Waals surface area contributed by atoms with Crippen molar-refractivity contribution in [1.82, 2.24) is 5.27 Å². The van der Waals surface area contributed by atoms with Gasteiger partial charge in [-0.15, -0.1) is 11.3 Å². The van der Waals surface area contributed by atoms with Crippen molar-refractivity contribution in [3.63, 3.8) is 0 Å². The Morgan fingerprint density at radius 3 is 2.41 bits per heavy atom. The molecule has 0 saturated heterocycles. The Bertz CT molecular complexity index is 1480. The number of aromatic nitrogens is 2. The molecule has 0 bridgehead atoms. The molecule has 0 aliphatic carbocycles. The van der Waals surface area contributed by atoms with Gasteiger partial charge in [-0.2, -0.15) is 0 Å². The number of carbonyl (C=O) groups excluding carboxylic acids is 3. The van der Waals surface area contributed by atoms with Crippen LogP contribution in [0.5, 0.6) is 0 Å². The van der Waals surface area contributed by atoms with Gasteiger partial charge in [-0.3, -0.25) is 14.1 Å². The van der Waals surface area contributed by atoms with Gasteiger partial charge in [-0.05, 0) is 46.3 Å². The molecule has 0 saturated carbocycles. The maximum atomic E-state index is 12.9. The smallest absolute Gasteiger partial charge is 0.442 e. The van der Waals surface area contributed by atoms with Crippen LogP contribution in [0, 0.1) is 6.92 Å². The summed E-state index contributed by atoms with van der Waals surface area (Å²) in [6.07, 6.45) is 0.0349. The molecule has 0 fully saturated rings. The van der Waals surface area contributed by atoms with E-state index in [1.54, 1.807) is 43.3 Å². The average Bonchev–Trinajstić information content (AvgIpc) is 3.43. The third kappa shape index (κ3) is 5.98. The molecule has 0 unspecified atom stereocenters. The summed E-state index contributed by atoms with van der Waals surface area (Å²) in [7, 11) is 1.23. The molecule has 12 heteroatoms. The number of nitrogens with zero attached hydrogens (tertiary/aromatic N) is 1. The van der Waals surface area contributed by atoms with Crippen molar-refractivity contribution in [2.45, 2.75) is 18.4 Å². The van der Waals surface area contributed by atoms with Gasteiger partial charge in [0, 0.05) is 30.0 Å². The number of para-hydroxylation sites is 2. The van der Waals surface area contributed by atoms with Crippen LogP contribution in [0.2, 0.25) is 0 Å². The number of nitrogens with one attached hydrogen (secondary N) is 3. The molecule has 4 aromatic rings. The van der Waals surface area contributed by atoms with Crippen LogP contribution < -0.4 is 20.9 Å². The Hall–Kier alpha value is -4.16. The topological polar surface area (TPSA) is 134 Å². The van der Waals surface area contributed by atoms with Gasteiger partial charge < -0.3 is 15.4 Å². The lowest BCUT2D eigenvalue weighted by atomic mass is 10.1. The number of thiophene rings is 1. The summed E-state index contributed by atoms with van der Waals surface area (Å²) in [5.41, 5.74) is 1.29. The molecule has 2 amide bonds. The van der Waals surface area contributed by atoms with Crippen LogP contribution in [0.3, 0.4) is 0 Å². The molecule has 2 aromatic carbocycles. The lowest BCUT2D eigenvalue weighted by Crippen LogP contribution is -2.36. The van der Waals surface area contributed by atoms with Crippen LogP contribution in [-0.2, 0) is 9.53 Å². The molecule has 0 aliphatic rings. The zero-order valence-corrected chi connectivity index (χ0v) is 21.5. The van der Waals surface area contributed by atoms with E-state index >= 15 is 0 Å². The van der Waals surface area contributed by atoms with E-state index in [1.165, 1.54) is 11.8 Å². The summed E-state index contributed by atoms with van der Waals surface area (Å²) < 4.78 is 11.3. The van der Waals surface area contributed by atoms with Crippen LogP contribution >= 0.6 is 23.1 Å². The zero-order valence-electron chi connectivity index (χ0n) is 19.9. The van der Waals surface area contributed by atoms with E-state index in [4.69, 9.17) is 9.26 Å². The lowest BCUT2D eigenvalue weighted by Gasteiger charge is -2.05. The third-order valence-corrected chi connectivity index (χ3v) is 7.45. The Balaban J connectivity index is 1.46. The Morgan fingerprint density at radius 1 is 1.05 bits per heavy atom. The van der Waals surface area contributed by atoms with Gasteiger partial charge in [0.2, 0.25) is 11.6 Å². The third-order valence-electron chi connectivity index (χ3n) is 5.22. The number of rotatable bonds is 9. The summed E-state index contributed by atoms with van der Waals surface area (Å²) in [5.74, 6) is -1.19. The molecule has 0 radical (unpaired) electrons. The number of benzene rings is 2. The van der Waals surface area contributed by atoms with Crippen molar-refractivity contribution in [1.29, 1.82) is 0 Å². The van der Waals surface area contributed by atoms with Gasteiger partial charge in [-0.1, -0.05) is 36.4 Å². The molecule has 10 nitrogen and oxygen atoms in total. The van der Waals surface area contributed by atoms with Crippen LogP contribution in [-0.4, -0.2) is 35.9 Å². The Kier molecular flexibility index (Phi) is 8.21. The Morgan fingerprint density at radius 2 is 1.73 bits per heavy atom. The second kappa shape index (κ2) is 11.7. The maximum absolute atomic E-state index is 12.9. The number of hydrogen-bond acceptors (Lipinski definition) is 8. The van der Waals surface area contributed by atoms with Crippen LogP contribution in [0.1, 0.15) is 32.0 Å². The Labute approximate surface area is 219 Å². The maximum Gasteiger partial charge on any atom is 0.442 e. The van der Waals surface area contributed by atoms with Crippen LogP contribution in [0.4, 0.5) is 10.7 Å². The van der Waals surface area contributed by atoms with Crippen LogP contribution in [0.25, 0.3) is 5.69 Å². The van der Waals surface area contributed by atoms with Crippen molar-refractivity contribution in [2.24, 2.45) is 0 Å². The lowest BCUT2D eigenvalue weighted by molar-refractivity contribution is -0.704. The van der Waals surface area contributed by atoms with Gasteiger partial charge in [0.15, 0.2) is 0 Å². The second-order valence-electron chi connectivity index (χ2n) is 7.68. The first-order valence-corrected chi connectivity index (χ1v) is 12.9. The fraction of sp³-hybridized carbons (Fsp3) is 0.160. The van der Waals surface area contributed by atoms with Crippen molar-refractivity contribution >= 4 is 51.6 Å². The highest BCUT2D eigenvalue weighted by molar-refractivity contribution is 7.99. The minimum atomic E-state index is -0.661. The summed E-state index contributed by atoms with van der Waals surface area (Å²) in [6.45, 7) is 1.63. The number of carbonyl (C=O) groups is 3. The predicted molar refractivity (Wildman–Crippen MR) is 140 cm³/mol. The first-order valence-electron chi connectivity index (χ1n) is 11.1. The average molecular weight is 540 g/mol. The minimum absolute atomic E-state index is 0.0349. The van der Waals surface area contributed by atoms with Crippen LogP contribution in [0.15, 0.2) is 75.0 Å². The highest BCUT2D eigenvalue weighted by Gasteiger charge is 2.27. The monoisotopic (exact) mass is 539 g/mol. The molecule has 37 heavy (non-hydrogen) atoms. The van der Waals surface area contributed by atoms with E-state index in [0.717, 1.165) is 23.1 Å². The number of amides is 2. The zero-order chi connectivity index (χ0) is 26.4. The molecule has 0 atom stereocenters. The number of thioether (sulfide) groups is 1. The fourth-order valence-corrected chi connectivity index (χ4v) is 5.46. The first-order chi connectivity index (χ1) is 17.9. The minimum Gasteiger partial charge on any atom is -0.465 e. The highest BCUT2D eigenvalue weighted by atomic mass is 32.2. The largest absolute Gasteiger partial charge is 0.465 e. The van der Waals surface area contributed by atoms with E-state index in [9.17, 15) is 19.2 Å². The van der Waals surface area contributed by atoms with E-state index in [1.807, 2.05) is 24.3 Å². The summed E-state index contributed by atoms with van der Waals surface area (Å²) in [6, 6.07) is 18.0. The standard InChI is InChI=1S/C25H22N4O6S2/c1-15-19(24(32)34-2)22(37-20(15)21(31)26-16-9-5-3-6-10-16)27-18(30)13-14-36-23-25(33)35-28-29(23)17-11-7-4-8-12-17/h3-12H,13-14H2,1-2H3,(H2-,26,27,28,30,31,32,33)/p+1. The second-order valence-corrected chi connectivity index (χ2v) is 9.78. The van der Waals surface area contributed by atoms with Crippen molar-refractivity contribution in [3.05, 3.63) is 87.1 Å². The SMILES string of the molecule is COC(=O)c1c(NC(=O)CCSc2c(=O)o[nH][n+]2-c2ccccc2)sc(C(=O)Nc2ccccc2)c1C. The fourth-order valence-electron chi connectivity index (χ4n) is 3.44. The first kappa shape index (κ1) is 25.9. The van der Waals surface area contributed by atoms with Gasteiger partial charge in [0.05, 0.1) is 17.6 Å². The molecular weight excluding hydrogens is 516 g/mol. The normalized spacial score (nSPS) is 10.6. The van der Waals surface area contributed by atoms with E-state index in [0.29, 0.717) is 22.0 Å². The van der Waals surface area contributed by atoms with Crippen molar-refractivity contribution in [3.8, 4) is 5.69 Å².